The number of fused-ring (bicyclic) bond motifs is 1. The van der Waals surface area contributed by atoms with Crippen LogP contribution in [0.2, 0.25) is 76.6 Å². The summed E-state index contributed by atoms with van der Waals surface area (Å²) in [5.74, 6) is 1.66. The van der Waals surface area contributed by atoms with Crippen molar-refractivity contribution in [1.29, 1.82) is 0 Å². The summed E-state index contributed by atoms with van der Waals surface area (Å²) in [6.07, 6.45) is 14.4. The molecule has 240 valence electrons. The predicted molar refractivity (Wildman–Crippen MR) is 188 cm³/mol. The van der Waals surface area contributed by atoms with Crippen LogP contribution < -0.4 is 0 Å². The molecular weight excluding hydrogens is 585 g/mol. The number of benzene rings is 1. The summed E-state index contributed by atoms with van der Waals surface area (Å²) in [6.45, 7) is 19.5. The third kappa shape index (κ3) is 12.0. The van der Waals surface area contributed by atoms with Gasteiger partial charge in [-0.3, -0.25) is 0 Å². The second kappa shape index (κ2) is 14.6. The van der Waals surface area contributed by atoms with Gasteiger partial charge in [-0.1, -0.05) is 37.1 Å². The molecule has 1 heterocycles. The van der Waals surface area contributed by atoms with E-state index in [1.54, 1.807) is 0 Å². The lowest BCUT2D eigenvalue weighted by Crippen LogP contribution is -2.44. The van der Waals surface area contributed by atoms with Crippen LogP contribution in [0.3, 0.4) is 0 Å². The highest BCUT2D eigenvalue weighted by molar-refractivity contribution is 6.85. The maximum absolute atomic E-state index is 9.81. The van der Waals surface area contributed by atoms with Crippen molar-refractivity contribution in [2.45, 2.75) is 165 Å². The smallest absolute Gasteiger partial charge is 0.173 e. The zero-order chi connectivity index (χ0) is 30.6. The van der Waals surface area contributed by atoms with Gasteiger partial charge in [-0.2, -0.15) is 0 Å². The van der Waals surface area contributed by atoms with Crippen LogP contribution in [0.4, 0.5) is 0 Å². The van der Waals surface area contributed by atoms with E-state index in [0.717, 1.165) is 37.5 Å². The Labute approximate surface area is 263 Å². The molecule has 0 radical (unpaired) electrons. The van der Waals surface area contributed by atoms with Crippen LogP contribution in [0.25, 0.3) is 0 Å². The molecule has 2 aliphatic carbocycles. The summed E-state index contributed by atoms with van der Waals surface area (Å²) in [5, 5.41) is 9.81. The Morgan fingerprint density at radius 2 is 1.02 bits per heavy atom. The topological polar surface area (TPSA) is 51.2 Å². The van der Waals surface area contributed by atoms with E-state index in [4.69, 9.17) is 13.0 Å². The van der Waals surface area contributed by atoms with Gasteiger partial charge in [-0.15, -0.1) is 0 Å². The first-order valence-corrected chi connectivity index (χ1v) is 29.9. The quantitative estimate of drug-likeness (QED) is 0.143. The molecule has 1 N–H and O–H groups in total. The summed E-state index contributed by atoms with van der Waals surface area (Å²) in [4.78, 5) is 0. The first kappa shape index (κ1) is 34.8. The Bertz CT molecular complexity index is 972. The molecule has 1 saturated heterocycles. The number of hydrogen-bond donors (Lipinski definition) is 1. The lowest BCUT2D eigenvalue weighted by atomic mass is 9.86. The van der Waals surface area contributed by atoms with Crippen LogP contribution in [0.1, 0.15) is 68.9 Å². The molecule has 8 heteroatoms. The maximum atomic E-state index is 9.81. The van der Waals surface area contributed by atoms with E-state index in [-0.39, 0.29) is 6.10 Å². The number of aliphatic hydroxyl groups is 1. The van der Waals surface area contributed by atoms with Gasteiger partial charge in [0.2, 0.25) is 0 Å². The van der Waals surface area contributed by atoms with Crippen LogP contribution in [0, 0.1) is 11.8 Å². The molecule has 0 amide bonds. The maximum Gasteiger partial charge on any atom is 0.173 e. The summed E-state index contributed by atoms with van der Waals surface area (Å²) in [5.41, 5.74) is 2.91. The van der Waals surface area contributed by atoms with E-state index in [9.17, 15) is 5.11 Å². The minimum Gasteiger partial charge on any atom is -0.455 e. The number of rotatable bonds is 16. The molecule has 4 rings (SSSR count). The van der Waals surface area contributed by atoms with Crippen LogP contribution >= 0.6 is 0 Å². The number of epoxide rings is 1. The number of ether oxygens (including phenoxy) is 1. The van der Waals surface area contributed by atoms with E-state index >= 15 is 0 Å². The van der Waals surface area contributed by atoms with Crippen molar-refractivity contribution in [2.75, 3.05) is 0 Å². The van der Waals surface area contributed by atoms with Gasteiger partial charge in [0, 0.05) is 0 Å². The summed E-state index contributed by atoms with van der Waals surface area (Å²) < 4.78 is 19.7. The Kier molecular flexibility index (Phi) is 12.1. The Morgan fingerprint density at radius 1 is 0.595 bits per heavy atom. The first-order valence-electron chi connectivity index (χ1n) is 17.4. The standard InChI is InChI=1S/C34H64O4Si4/c1-39(2,37-41(5,6)25-21-30-13-16-32(35)17-14-30)23-19-28-9-11-29(12-10-28)20-24-40(3,4)38-42(7,8)26-22-31-15-18-33-34(27-31)36-33/h9-12,30-35H,13-27H2,1-8H3. The Morgan fingerprint density at radius 3 is 1.50 bits per heavy atom. The zero-order valence-electron chi connectivity index (χ0n) is 28.5. The normalized spacial score (nSPS) is 27.1. The van der Waals surface area contributed by atoms with Gasteiger partial charge in [0.05, 0.1) is 18.3 Å². The monoisotopic (exact) mass is 648 g/mol. The lowest BCUT2D eigenvalue weighted by Gasteiger charge is -2.35. The Balaban J connectivity index is 1.15. The highest BCUT2D eigenvalue weighted by Crippen LogP contribution is 2.42. The van der Waals surface area contributed by atoms with Gasteiger partial charge in [0.25, 0.3) is 0 Å². The number of hydrogen-bond acceptors (Lipinski definition) is 4. The zero-order valence-corrected chi connectivity index (χ0v) is 32.5. The third-order valence-electron chi connectivity index (χ3n) is 10.4. The SMILES string of the molecule is C[Si](C)(CCc1ccc(CC[Si](C)(C)O[Si](C)(C)CCC2CCC3OC3C2)cc1)O[Si](C)(C)CCC1CCC(O)CC1. The molecule has 42 heavy (non-hydrogen) atoms. The number of aliphatic hydroxyl groups excluding tert-OH is 1. The average molecular weight is 649 g/mol. The first-order chi connectivity index (χ1) is 19.6. The van der Waals surface area contributed by atoms with Crippen LogP contribution in [0.5, 0.6) is 0 Å². The third-order valence-corrected chi connectivity index (χ3v) is 25.1. The molecule has 0 bridgehead atoms. The minimum atomic E-state index is -1.71. The van der Waals surface area contributed by atoms with Crippen molar-refractivity contribution in [3.8, 4) is 0 Å². The van der Waals surface area contributed by atoms with Gasteiger partial charge < -0.3 is 18.1 Å². The van der Waals surface area contributed by atoms with Crippen LogP contribution in [-0.2, 0) is 25.8 Å². The molecular formula is C34H64O4Si4. The van der Waals surface area contributed by atoms with Crippen molar-refractivity contribution in [3.63, 3.8) is 0 Å². The van der Waals surface area contributed by atoms with E-state index < -0.39 is 33.3 Å². The van der Waals surface area contributed by atoms with E-state index in [1.807, 2.05) is 0 Å². The van der Waals surface area contributed by atoms with Gasteiger partial charge in [-0.05, 0) is 157 Å². The lowest BCUT2D eigenvalue weighted by molar-refractivity contribution is 0.107. The molecule has 1 aliphatic heterocycles. The molecule has 1 aromatic rings. The van der Waals surface area contributed by atoms with Gasteiger partial charge in [0.1, 0.15) is 0 Å². The molecule has 3 fully saturated rings. The fourth-order valence-corrected chi connectivity index (χ4v) is 25.3. The molecule has 2 saturated carbocycles. The summed E-state index contributed by atoms with van der Waals surface area (Å²) >= 11 is 0. The van der Waals surface area contributed by atoms with Crippen molar-refractivity contribution in [1.82, 2.24) is 0 Å². The fraction of sp³-hybridized carbons (Fsp3) is 0.824. The van der Waals surface area contributed by atoms with Crippen molar-refractivity contribution >= 4 is 33.3 Å². The number of aryl methyl sites for hydroxylation is 2. The highest BCUT2D eigenvalue weighted by atomic mass is 28.4. The predicted octanol–water partition coefficient (Wildman–Crippen LogP) is 9.52. The van der Waals surface area contributed by atoms with E-state index in [0.29, 0.717) is 12.2 Å². The van der Waals surface area contributed by atoms with Crippen molar-refractivity contribution in [2.24, 2.45) is 11.8 Å². The minimum absolute atomic E-state index is 0.0488. The molecule has 3 unspecified atom stereocenters. The van der Waals surface area contributed by atoms with Gasteiger partial charge >= 0.3 is 0 Å². The molecule has 1 aromatic carbocycles. The van der Waals surface area contributed by atoms with Crippen molar-refractivity contribution in [3.05, 3.63) is 35.4 Å². The van der Waals surface area contributed by atoms with Gasteiger partial charge in [-0.25, -0.2) is 0 Å². The largest absolute Gasteiger partial charge is 0.455 e. The average Bonchev–Trinajstić information content (AvgIpc) is 3.68. The fourth-order valence-electron chi connectivity index (χ4n) is 7.75. The van der Waals surface area contributed by atoms with Crippen molar-refractivity contribution < 1.29 is 18.1 Å². The van der Waals surface area contributed by atoms with E-state index in [2.05, 4.69) is 76.6 Å². The van der Waals surface area contributed by atoms with Gasteiger partial charge in [0.15, 0.2) is 33.3 Å². The summed E-state index contributed by atoms with van der Waals surface area (Å²) in [7, 11) is -6.69. The molecule has 0 aromatic heterocycles. The molecule has 4 nitrogen and oxygen atoms in total. The van der Waals surface area contributed by atoms with Crippen LogP contribution in [0.15, 0.2) is 24.3 Å². The molecule has 3 aliphatic rings. The highest BCUT2D eigenvalue weighted by Gasteiger charge is 2.44. The summed E-state index contributed by atoms with van der Waals surface area (Å²) in [6, 6.07) is 14.4. The molecule has 3 atom stereocenters. The van der Waals surface area contributed by atoms with E-state index in [1.165, 1.54) is 80.2 Å². The van der Waals surface area contributed by atoms with Crippen LogP contribution in [-0.4, -0.2) is 56.7 Å². The second-order valence-corrected chi connectivity index (χ2v) is 34.4. The molecule has 0 spiro atoms. The second-order valence-electron chi connectivity index (χ2n) is 16.7. The Hall–Kier alpha value is -0.0725.